The Bertz CT molecular complexity index is 323. The minimum Gasteiger partial charge on any atom is -0.274 e. The minimum atomic E-state index is -0.550. The Labute approximate surface area is 88.3 Å². The molecule has 0 aromatic heterocycles. The molecule has 0 spiro atoms. The second kappa shape index (κ2) is 4.25. The zero-order valence-corrected chi connectivity index (χ0v) is 8.90. The summed E-state index contributed by atoms with van der Waals surface area (Å²) in [6, 6.07) is -0.781. The summed E-state index contributed by atoms with van der Waals surface area (Å²) in [5.74, 6) is -0.887. The van der Waals surface area contributed by atoms with Crippen LogP contribution in [0.15, 0.2) is 12.7 Å². The Morgan fingerprint density at radius 3 is 2.40 bits per heavy atom. The maximum absolute atomic E-state index is 11.7. The van der Waals surface area contributed by atoms with E-state index in [0.717, 1.165) is 9.80 Å². The summed E-state index contributed by atoms with van der Waals surface area (Å²) in [5, 5.41) is 0. The lowest BCUT2D eigenvalue weighted by atomic mass is 10.2. The maximum Gasteiger partial charge on any atom is 0.333 e. The van der Waals surface area contributed by atoms with Crippen molar-refractivity contribution >= 4 is 17.8 Å². The minimum absolute atomic E-state index is 0.147. The molecule has 1 fully saturated rings. The number of amides is 4. The van der Waals surface area contributed by atoms with E-state index in [9.17, 15) is 14.4 Å². The highest BCUT2D eigenvalue weighted by Crippen LogP contribution is 2.14. The maximum atomic E-state index is 11.7. The highest BCUT2D eigenvalue weighted by Gasteiger charge is 2.38. The number of hydrogen-bond donors (Lipinski definition) is 0. The molecule has 5 heteroatoms. The van der Waals surface area contributed by atoms with Crippen molar-refractivity contribution in [3.05, 3.63) is 12.7 Å². The highest BCUT2D eigenvalue weighted by atomic mass is 16.2. The van der Waals surface area contributed by atoms with Gasteiger partial charge in [-0.2, -0.15) is 0 Å². The van der Waals surface area contributed by atoms with Crippen LogP contribution < -0.4 is 0 Å². The van der Waals surface area contributed by atoms with E-state index in [4.69, 9.17) is 0 Å². The lowest BCUT2D eigenvalue weighted by molar-refractivity contribution is -0.143. The fraction of sp³-hybridized carbons (Fsp3) is 0.500. The predicted molar refractivity (Wildman–Crippen MR) is 53.9 cm³/mol. The van der Waals surface area contributed by atoms with Crippen molar-refractivity contribution in [1.29, 1.82) is 0 Å². The first-order chi connectivity index (χ1) is 6.99. The van der Waals surface area contributed by atoms with E-state index in [0.29, 0.717) is 0 Å². The van der Waals surface area contributed by atoms with Crippen LogP contribution in [-0.2, 0) is 9.59 Å². The first kappa shape index (κ1) is 11.4. The predicted octanol–water partition coefficient (Wildman–Crippen LogP) is 0.762. The topological polar surface area (TPSA) is 57.7 Å². The van der Waals surface area contributed by atoms with Gasteiger partial charge in [-0.1, -0.05) is 6.08 Å². The summed E-state index contributed by atoms with van der Waals surface area (Å²) in [4.78, 5) is 36.7. The Hall–Kier alpha value is -1.65. The van der Waals surface area contributed by atoms with E-state index in [-0.39, 0.29) is 19.0 Å². The Balaban J connectivity index is 2.94. The van der Waals surface area contributed by atoms with Crippen LogP contribution in [0.2, 0.25) is 0 Å². The van der Waals surface area contributed by atoms with Gasteiger partial charge in [0.15, 0.2) is 0 Å². The molecule has 0 N–H and O–H groups in total. The smallest absolute Gasteiger partial charge is 0.274 e. The van der Waals surface area contributed by atoms with E-state index < -0.39 is 17.8 Å². The summed E-state index contributed by atoms with van der Waals surface area (Å²) in [6.45, 7) is 7.08. The molecule has 0 unspecified atom stereocenters. The van der Waals surface area contributed by atoms with Crippen molar-refractivity contribution in [2.75, 3.05) is 6.54 Å². The summed E-state index contributed by atoms with van der Waals surface area (Å²) in [7, 11) is 0. The lowest BCUT2D eigenvalue weighted by Gasteiger charge is -2.34. The normalized spacial score (nSPS) is 17.7. The van der Waals surface area contributed by atoms with Crippen LogP contribution in [0.25, 0.3) is 0 Å². The van der Waals surface area contributed by atoms with Crippen LogP contribution in [-0.4, -0.2) is 40.2 Å². The van der Waals surface area contributed by atoms with Crippen LogP contribution >= 0.6 is 0 Å². The van der Waals surface area contributed by atoms with Gasteiger partial charge in [-0.05, 0) is 13.8 Å². The number of carbonyl (C=O) groups is 3. The summed E-state index contributed by atoms with van der Waals surface area (Å²) >= 11 is 0. The molecule has 4 amide bonds. The molecule has 5 nitrogen and oxygen atoms in total. The molecule has 0 radical (unpaired) electrons. The van der Waals surface area contributed by atoms with E-state index in [2.05, 4.69) is 6.58 Å². The SMILES string of the molecule is C=CCN1C(=O)CC(=O)N(C(C)C)C1=O. The van der Waals surface area contributed by atoms with Gasteiger partial charge in [-0.15, -0.1) is 6.58 Å². The van der Waals surface area contributed by atoms with Gasteiger partial charge in [0.25, 0.3) is 0 Å². The third-order valence-electron chi connectivity index (χ3n) is 2.14. The number of urea groups is 1. The van der Waals surface area contributed by atoms with Crippen molar-refractivity contribution < 1.29 is 14.4 Å². The molecule has 1 heterocycles. The Morgan fingerprint density at radius 1 is 1.33 bits per heavy atom. The van der Waals surface area contributed by atoms with Gasteiger partial charge in [-0.3, -0.25) is 19.4 Å². The number of imide groups is 2. The summed E-state index contributed by atoms with van der Waals surface area (Å²) in [5.41, 5.74) is 0. The summed E-state index contributed by atoms with van der Waals surface area (Å²) in [6.07, 6.45) is 1.22. The molecule has 1 aliphatic heterocycles. The van der Waals surface area contributed by atoms with Crippen molar-refractivity contribution in [3.8, 4) is 0 Å². The highest BCUT2D eigenvalue weighted by molar-refractivity contribution is 6.14. The van der Waals surface area contributed by atoms with E-state index in [1.807, 2.05) is 0 Å². The molecule has 0 saturated carbocycles. The second-order valence-electron chi connectivity index (χ2n) is 3.61. The molecule has 82 valence electrons. The van der Waals surface area contributed by atoms with Crippen LogP contribution in [0.4, 0.5) is 4.79 Å². The molecule has 1 rings (SSSR count). The third-order valence-corrected chi connectivity index (χ3v) is 2.14. The zero-order chi connectivity index (χ0) is 11.6. The number of nitrogens with zero attached hydrogens (tertiary/aromatic N) is 2. The van der Waals surface area contributed by atoms with Gasteiger partial charge < -0.3 is 0 Å². The zero-order valence-electron chi connectivity index (χ0n) is 8.90. The number of barbiturate groups is 1. The molecule has 15 heavy (non-hydrogen) atoms. The van der Waals surface area contributed by atoms with Crippen molar-refractivity contribution in [2.24, 2.45) is 0 Å². The molecule has 0 atom stereocenters. The molecule has 0 bridgehead atoms. The number of carbonyl (C=O) groups excluding carboxylic acids is 3. The molecule has 1 aliphatic rings. The van der Waals surface area contributed by atoms with Crippen LogP contribution in [0.5, 0.6) is 0 Å². The van der Waals surface area contributed by atoms with Crippen LogP contribution in [0.1, 0.15) is 20.3 Å². The molecule has 0 aromatic rings. The summed E-state index contributed by atoms with van der Waals surface area (Å²) < 4.78 is 0. The van der Waals surface area contributed by atoms with E-state index in [1.165, 1.54) is 6.08 Å². The number of rotatable bonds is 3. The third kappa shape index (κ3) is 2.06. The van der Waals surface area contributed by atoms with Crippen molar-refractivity contribution in [1.82, 2.24) is 9.80 Å². The average molecular weight is 210 g/mol. The van der Waals surface area contributed by atoms with Gasteiger partial charge in [0, 0.05) is 12.6 Å². The van der Waals surface area contributed by atoms with Crippen LogP contribution in [0.3, 0.4) is 0 Å². The van der Waals surface area contributed by atoms with Crippen molar-refractivity contribution in [2.45, 2.75) is 26.3 Å². The first-order valence-corrected chi connectivity index (χ1v) is 4.76. The molecule has 1 saturated heterocycles. The first-order valence-electron chi connectivity index (χ1n) is 4.76. The van der Waals surface area contributed by atoms with Gasteiger partial charge in [0.2, 0.25) is 11.8 Å². The lowest BCUT2D eigenvalue weighted by Crippen LogP contribution is -2.57. The van der Waals surface area contributed by atoms with Crippen molar-refractivity contribution in [3.63, 3.8) is 0 Å². The molecular weight excluding hydrogens is 196 g/mol. The largest absolute Gasteiger partial charge is 0.333 e. The van der Waals surface area contributed by atoms with E-state index in [1.54, 1.807) is 13.8 Å². The van der Waals surface area contributed by atoms with Gasteiger partial charge >= 0.3 is 6.03 Å². The Morgan fingerprint density at radius 2 is 1.93 bits per heavy atom. The fourth-order valence-corrected chi connectivity index (χ4v) is 1.47. The quantitative estimate of drug-likeness (QED) is 0.510. The molecular formula is C10H14N2O3. The molecule has 0 aliphatic carbocycles. The monoisotopic (exact) mass is 210 g/mol. The second-order valence-corrected chi connectivity index (χ2v) is 3.61. The molecule has 0 aromatic carbocycles. The Kier molecular flexibility index (Phi) is 3.24. The van der Waals surface area contributed by atoms with Gasteiger partial charge in [0.05, 0.1) is 0 Å². The van der Waals surface area contributed by atoms with Gasteiger partial charge in [-0.25, -0.2) is 4.79 Å². The van der Waals surface area contributed by atoms with Crippen LogP contribution in [0, 0.1) is 0 Å². The van der Waals surface area contributed by atoms with E-state index >= 15 is 0 Å². The fourth-order valence-electron chi connectivity index (χ4n) is 1.47. The number of hydrogen-bond acceptors (Lipinski definition) is 3. The average Bonchev–Trinajstić information content (AvgIpc) is 2.11. The standard InChI is InChI=1S/C10H14N2O3/c1-4-5-11-8(13)6-9(14)12(7(2)3)10(11)15/h4,7H,1,5-6H2,2-3H3. The van der Waals surface area contributed by atoms with Gasteiger partial charge in [0.1, 0.15) is 6.42 Å².